The lowest BCUT2D eigenvalue weighted by Gasteiger charge is -1.92. The van der Waals surface area contributed by atoms with Crippen LogP contribution < -0.4 is 0 Å². The summed E-state index contributed by atoms with van der Waals surface area (Å²) in [6, 6.07) is 8.08. The van der Waals surface area contributed by atoms with Gasteiger partial charge in [0.05, 0.1) is 0 Å². The van der Waals surface area contributed by atoms with Crippen LogP contribution in [0.1, 0.15) is 11.1 Å². The molecule has 0 heterocycles. The molecule has 2 rings (SSSR count). The lowest BCUT2D eigenvalue weighted by atomic mass is 10.1. The Labute approximate surface area is 76.5 Å². The van der Waals surface area contributed by atoms with Gasteiger partial charge in [0, 0.05) is 6.08 Å². The number of carbonyl (C=O) groups is 1. The van der Waals surface area contributed by atoms with E-state index in [1.165, 1.54) is 17.2 Å². The lowest BCUT2D eigenvalue weighted by Crippen LogP contribution is -1.91. The average molecular weight is 174 g/mol. The topological polar surface area (TPSA) is 37.3 Å². The first-order valence-electron chi connectivity index (χ1n) is 4.25. The molecular weight excluding hydrogens is 164 g/mol. The van der Waals surface area contributed by atoms with Gasteiger partial charge in [-0.2, -0.15) is 0 Å². The monoisotopic (exact) mass is 174 g/mol. The van der Waals surface area contributed by atoms with Crippen molar-refractivity contribution in [1.29, 1.82) is 0 Å². The smallest absolute Gasteiger partial charge is 0.328 e. The van der Waals surface area contributed by atoms with Crippen LogP contribution in [0.2, 0.25) is 0 Å². The summed E-state index contributed by atoms with van der Waals surface area (Å²) in [6.45, 7) is 0. The van der Waals surface area contributed by atoms with Gasteiger partial charge in [0.2, 0.25) is 0 Å². The van der Waals surface area contributed by atoms with Gasteiger partial charge >= 0.3 is 5.97 Å². The van der Waals surface area contributed by atoms with Crippen molar-refractivity contribution in [3.8, 4) is 0 Å². The minimum atomic E-state index is -0.845. The summed E-state index contributed by atoms with van der Waals surface area (Å²) >= 11 is 0. The van der Waals surface area contributed by atoms with Crippen LogP contribution in [0, 0.1) is 0 Å². The van der Waals surface area contributed by atoms with Crippen molar-refractivity contribution in [2.24, 2.45) is 0 Å². The number of hydrogen-bond donors (Lipinski definition) is 1. The molecular formula is C11H10O2. The second-order valence-electron chi connectivity index (χ2n) is 3.26. The SMILES string of the molecule is O=C(O)C=C1Cc2ccccc2C1. The first kappa shape index (κ1) is 8.05. The molecule has 0 amide bonds. The molecule has 66 valence electrons. The molecule has 0 unspecified atom stereocenters. The molecule has 1 aliphatic carbocycles. The predicted molar refractivity (Wildman–Crippen MR) is 49.6 cm³/mol. The van der Waals surface area contributed by atoms with Gasteiger partial charge in [0.1, 0.15) is 0 Å². The predicted octanol–water partition coefficient (Wildman–Crippen LogP) is 1.80. The Kier molecular flexibility index (Phi) is 1.89. The number of hydrogen-bond acceptors (Lipinski definition) is 1. The quantitative estimate of drug-likeness (QED) is 0.659. The van der Waals surface area contributed by atoms with Crippen molar-refractivity contribution >= 4 is 5.97 Å². The van der Waals surface area contributed by atoms with Gasteiger partial charge in [0.15, 0.2) is 0 Å². The molecule has 0 radical (unpaired) electrons. The maximum absolute atomic E-state index is 10.4. The minimum Gasteiger partial charge on any atom is -0.478 e. The fourth-order valence-electron chi connectivity index (χ4n) is 1.73. The molecule has 2 heteroatoms. The Balaban J connectivity index is 2.28. The van der Waals surface area contributed by atoms with E-state index in [9.17, 15) is 4.79 Å². The van der Waals surface area contributed by atoms with Gasteiger partial charge < -0.3 is 5.11 Å². The number of carboxylic acids is 1. The Morgan fingerprint density at radius 1 is 1.23 bits per heavy atom. The standard InChI is InChI=1S/C11H10O2/c12-11(13)7-8-5-9-3-1-2-4-10(9)6-8/h1-4,7H,5-6H2,(H,12,13). The van der Waals surface area contributed by atoms with Crippen molar-refractivity contribution in [2.45, 2.75) is 12.8 Å². The summed E-state index contributed by atoms with van der Waals surface area (Å²) in [6.07, 6.45) is 2.91. The fraction of sp³-hybridized carbons (Fsp3) is 0.182. The Morgan fingerprint density at radius 3 is 2.23 bits per heavy atom. The van der Waals surface area contributed by atoms with Crippen molar-refractivity contribution in [2.75, 3.05) is 0 Å². The van der Waals surface area contributed by atoms with Gasteiger partial charge in [-0.05, 0) is 24.0 Å². The van der Waals surface area contributed by atoms with Gasteiger partial charge in [0.25, 0.3) is 0 Å². The summed E-state index contributed by atoms with van der Waals surface area (Å²) < 4.78 is 0. The fourth-order valence-corrected chi connectivity index (χ4v) is 1.73. The zero-order valence-corrected chi connectivity index (χ0v) is 7.16. The van der Waals surface area contributed by atoms with Crippen LogP contribution in [0.3, 0.4) is 0 Å². The maximum atomic E-state index is 10.4. The van der Waals surface area contributed by atoms with Crippen molar-refractivity contribution in [1.82, 2.24) is 0 Å². The van der Waals surface area contributed by atoms with Crippen molar-refractivity contribution < 1.29 is 9.90 Å². The van der Waals surface area contributed by atoms with Gasteiger partial charge in [-0.15, -0.1) is 0 Å². The normalized spacial score (nSPS) is 14.0. The van der Waals surface area contributed by atoms with E-state index in [0.29, 0.717) is 0 Å². The highest BCUT2D eigenvalue weighted by atomic mass is 16.4. The van der Waals surface area contributed by atoms with Crippen LogP contribution in [0.15, 0.2) is 35.9 Å². The van der Waals surface area contributed by atoms with Crippen molar-refractivity contribution in [3.63, 3.8) is 0 Å². The van der Waals surface area contributed by atoms with Crippen LogP contribution in [-0.4, -0.2) is 11.1 Å². The third-order valence-electron chi connectivity index (χ3n) is 2.28. The van der Waals surface area contributed by atoms with Crippen LogP contribution in [0.4, 0.5) is 0 Å². The highest BCUT2D eigenvalue weighted by Crippen LogP contribution is 2.25. The third kappa shape index (κ3) is 1.61. The molecule has 1 aliphatic rings. The summed E-state index contributed by atoms with van der Waals surface area (Å²) in [5.74, 6) is -0.845. The molecule has 1 aromatic rings. The van der Waals surface area contributed by atoms with E-state index in [1.54, 1.807) is 0 Å². The number of fused-ring (bicyclic) bond motifs is 1. The summed E-state index contributed by atoms with van der Waals surface area (Å²) in [4.78, 5) is 10.4. The molecule has 0 saturated heterocycles. The molecule has 0 spiro atoms. The third-order valence-corrected chi connectivity index (χ3v) is 2.28. The Morgan fingerprint density at radius 2 is 1.77 bits per heavy atom. The molecule has 0 bridgehead atoms. The number of rotatable bonds is 1. The molecule has 0 atom stereocenters. The first-order valence-corrected chi connectivity index (χ1v) is 4.25. The Hall–Kier alpha value is -1.57. The summed E-state index contributed by atoms with van der Waals surface area (Å²) in [5, 5.41) is 8.58. The number of aliphatic carboxylic acids is 1. The highest BCUT2D eigenvalue weighted by molar-refractivity contribution is 5.81. The number of allylic oxidation sites excluding steroid dienone is 1. The summed E-state index contributed by atoms with van der Waals surface area (Å²) in [5.41, 5.74) is 3.51. The largest absolute Gasteiger partial charge is 0.478 e. The average Bonchev–Trinajstić information content (AvgIpc) is 2.44. The van der Waals surface area contributed by atoms with E-state index in [1.807, 2.05) is 12.1 Å². The van der Waals surface area contributed by atoms with E-state index >= 15 is 0 Å². The lowest BCUT2D eigenvalue weighted by molar-refractivity contribution is -0.131. The van der Waals surface area contributed by atoms with E-state index < -0.39 is 5.97 Å². The van der Waals surface area contributed by atoms with Crippen LogP contribution in [0.25, 0.3) is 0 Å². The van der Waals surface area contributed by atoms with Gasteiger partial charge in [-0.25, -0.2) is 4.79 Å². The molecule has 0 fully saturated rings. The zero-order chi connectivity index (χ0) is 9.26. The van der Waals surface area contributed by atoms with E-state index in [-0.39, 0.29) is 0 Å². The molecule has 1 aromatic carbocycles. The molecule has 0 aromatic heterocycles. The van der Waals surface area contributed by atoms with Crippen molar-refractivity contribution in [3.05, 3.63) is 47.0 Å². The van der Waals surface area contributed by atoms with Crippen LogP contribution >= 0.6 is 0 Å². The van der Waals surface area contributed by atoms with E-state index in [2.05, 4.69) is 12.1 Å². The van der Waals surface area contributed by atoms with Crippen LogP contribution in [0.5, 0.6) is 0 Å². The number of benzene rings is 1. The van der Waals surface area contributed by atoms with E-state index in [4.69, 9.17) is 5.11 Å². The second-order valence-corrected chi connectivity index (χ2v) is 3.26. The second kappa shape index (κ2) is 3.05. The molecule has 2 nitrogen and oxygen atoms in total. The molecule has 1 N–H and O–H groups in total. The number of carboxylic acid groups (broad SMARTS) is 1. The maximum Gasteiger partial charge on any atom is 0.328 e. The molecule has 0 saturated carbocycles. The Bertz CT molecular complexity index is 350. The first-order chi connectivity index (χ1) is 6.25. The van der Waals surface area contributed by atoms with Gasteiger partial charge in [-0.1, -0.05) is 29.8 Å². The van der Waals surface area contributed by atoms with Gasteiger partial charge in [-0.3, -0.25) is 0 Å². The minimum absolute atomic E-state index is 0.794. The highest BCUT2D eigenvalue weighted by Gasteiger charge is 2.14. The van der Waals surface area contributed by atoms with Crippen LogP contribution in [-0.2, 0) is 17.6 Å². The summed E-state index contributed by atoms with van der Waals surface area (Å²) in [7, 11) is 0. The molecule has 13 heavy (non-hydrogen) atoms. The zero-order valence-electron chi connectivity index (χ0n) is 7.16. The van der Waals surface area contributed by atoms with E-state index in [0.717, 1.165) is 18.4 Å². The molecule has 0 aliphatic heterocycles.